The molecule has 2 fully saturated rings. The Balaban J connectivity index is 2.57. The van der Waals surface area contributed by atoms with Crippen LogP contribution in [0.3, 0.4) is 0 Å². The molecule has 0 aromatic carbocycles. The van der Waals surface area contributed by atoms with Crippen LogP contribution >= 0.6 is 0 Å². The Bertz CT molecular complexity index is 873. The Labute approximate surface area is 252 Å². The SMILES string of the molecule is CC[C@H]1OC(=O)[C@H](C)[C@@H](O[C@H]2C[C@H](C)C[C@H](C)O2)[C@H](C)[C@@H](C)[C@](C)(O)C[C@@H](C)/C(=N\OCCCF)[C@H](C)[C@@H](O)[C@]1(C)O. The van der Waals surface area contributed by atoms with Gasteiger partial charge in [-0.1, -0.05) is 46.7 Å². The number of rotatable bonds is 7. The van der Waals surface area contributed by atoms with Gasteiger partial charge in [0.05, 0.1) is 42.2 Å². The molecule has 13 atom stereocenters. The lowest BCUT2D eigenvalue weighted by Crippen LogP contribution is -2.57. The van der Waals surface area contributed by atoms with Crippen molar-refractivity contribution in [2.75, 3.05) is 13.3 Å². The van der Waals surface area contributed by atoms with Crippen molar-refractivity contribution in [3.8, 4) is 0 Å². The standard InChI is InChI=1S/C32H58FNO8/c1-11-25-32(10,38)29(35)22(6)27(34-39-14-12-13-33)19(3)17-31(9,37)24(8)21(5)28(23(7)30(36)41-25)42-26-16-18(2)15-20(4)40-26/h18-26,28-29,35,37-38H,11-17H2,1-10H3/b34-27+/t18-,19-,20+,21-,22+,23-,24-,25-,26+,28+,29-,31-,32-/m1/s1. The van der Waals surface area contributed by atoms with E-state index in [2.05, 4.69) is 12.1 Å². The summed E-state index contributed by atoms with van der Waals surface area (Å²) in [4.78, 5) is 19.1. The number of aliphatic hydroxyl groups is 3. The summed E-state index contributed by atoms with van der Waals surface area (Å²) in [6.45, 7) is 17.9. The Morgan fingerprint density at radius 3 is 2.26 bits per heavy atom. The van der Waals surface area contributed by atoms with Crippen molar-refractivity contribution in [2.45, 2.75) is 143 Å². The van der Waals surface area contributed by atoms with Crippen LogP contribution in [0.5, 0.6) is 0 Å². The predicted octanol–water partition coefficient (Wildman–Crippen LogP) is 5.03. The smallest absolute Gasteiger partial charge is 0.311 e. The lowest BCUT2D eigenvalue weighted by atomic mass is 9.70. The summed E-state index contributed by atoms with van der Waals surface area (Å²) >= 11 is 0. The topological polar surface area (TPSA) is 127 Å². The number of nitrogens with zero attached hydrogens (tertiary/aromatic N) is 1. The fraction of sp³-hybridized carbons (Fsp3) is 0.938. The molecule has 2 aliphatic heterocycles. The second-order valence-corrected chi connectivity index (χ2v) is 13.6. The molecule has 0 amide bonds. The summed E-state index contributed by atoms with van der Waals surface area (Å²) in [7, 11) is 0. The highest BCUT2D eigenvalue weighted by Crippen LogP contribution is 2.39. The third-order valence-electron chi connectivity index (χ3n) is 9.76. The van der Waals surface area contributed by atoms with Gasteiger partial charge in [-0.25, -0.2) is 0 Å². The van der Waals surface area contributed by atoms with Crippen molar-refractivity contribution in [1.82, 2.24) is 0 Å². The van der Waals surface area contributed by atoms with E-state index in [9.17, 15) is 24.5 Å². The summed E-state index contributed by atoms with van der Waals surface area (Å²) in [5, 5.41) is 39.2. The summed E-state index contributed by atoms with van der Waals surface area (Å²) in [5.74, 6) is -2.62. The minimum absolute atomic E-state index is 0.0177. The number of alkyl halides is 1. The van der Waals surface area contributed by atoms with E-state index in [1.165, 1.54) is 6.92 Å². The Morgan fingerprint density at radius 2 is 1.69 bits per heavy atom. The van der Waals surface area contributed by atoms with Crippen LogP contribution in [0.25, 0.3) is 0 Å². The molecule has 0 aromatic heterocycles. The number of hydrogen-bond acceptors (Lipinski definition) is 9. The van der Waals surface area contributed by atoms with E-state index in [-0.39, 0.29) is 49.7 Å². The highest BCUT2D eigenvalue weighted by Gasteiger charge is 2.49. The number of hydrogen-bond donors (Lipinski definition) is 3. The van der Waals surface area contributed by atoms with Crippen molar-refractivity contribution < 1.29 is 43.6 Å². The summed E-state index contributed by atoms with van der Waals surface area (Å²) in [5.41, 5.74) is -2.64. The van der Waals surface area contributed by atoms with E-state index >= 15 is 0 Å². The quantitative estimate of drug-likeness (QED) is 0.210. The van der Waals surface area contributed by atoms with E-state index in [4.69, 9.17) is 19.0 Å². The molecule has 0 unspecified atom stereocenters. The van der Waals surface area contributed by atoms with E-state index in [0.717, 1.165) is 6.42 Å². The third kappa shape index (κ3) is 9.10. The van der Waals surface area contributed by atoms with E-state index in [0.29, 0.717) is 18.1 Å². The fourth-order valence-electron chi connectivity index (χ4n) is 6.80. The average molecular weight is 604 g/mol. The molecule has 246 valence electrons. The van der Waals surface area contributed by atoms with Gasteiger partial charge in [0, 0.05) is 24.7 Å². The highest BCUT2D eigenvalue weighted by atomic mass is 19.1. The molecule has 0 aromatic rings. The van der Waals surface area contributed by atoms with Gasteiger partial charge in [-0.05, 0) is 64.7 Å². The van der Waals surface area contributed by atoms with Crippen LogP contribution in [0, 0.1) is 35.5 Å². The normalized spacial score (nSPS) is 45.7. The molecule has 2 rings (SSSR count). The highest BCUT2D eigenvalue weighted by molar-refractivity contribution is 5.88. The number of carbonyl (C=O) groups excluding carboxylic acids is 1. The lowest BCUT2D eigenvalue weighted by Gasteiger charge is -2.44. The van der Waals surface area contributed by atoms with Crippen LogP contribution in [-0.2, 0) is 23.8 Å². The van der Waals surface area contributed by atoms with Crippen molar-refractivity contribution in [2.24, 2.45) is 40.7 Å². The second kappa shape index (κ2) is 15.6. The molecule has 0 aliphatic carbocycles. The van der Waals surface area contributed by atoms with E-state index in [1.54, 1.807) is 27.7 Å². The van der Waals surface area contributed by atoms with Crippen LogP contribution in [-0.4, -0.2) is 82.2 Å². The zero-order chi connectivity index (χ0) is 32.0. The zero-order valence-corrected chi connectivity index (χ0v) is 27.5. The first-order valence-electron chi connectivity index (χ1n) is 15.9. The first-order valence-corrected chi connectivity index (χ1v) is 15.9. The third-order valence-corrected chi connectivity index (χ3v) is 9.76. The molecule has 3 N–H and O–H groups in total. The molecule has 2 saturated heterocycles. The van der Waals surface area contributed by atoms with Gasteiger partial charge in [0.1, 0.15) is 18.3 Å². The van der Waals surface area contributed by atoms with Crippen LogP contribution in [0.1, 0.15) is 101 Å². The predicted molar refractivity (Wildman–Crippen MR) is 159 cm³/mol. The number of ether oxygens (including phenoxy) is 3. The Morgan fingerprint density at radius 1 is 1.05 bits per heavy atom. The van der Waals surface area contributed by atoms with Crippen LogP contribution in [0.2, 0.25) is 0 Å². The molecule has 0 radical (unpaired) electrons. The van der Waals surface area contributed by atoms with Crippen LogP contribution in [0.15, 0.2) is 5.16 Å². The number of halogens is 1. The van der Waals surface area contributed by atoms with Gasteiger partial charge in [-0.2, -0.15) is 0 Å². The lowest BCUT2D eigenvalue weighted by molar-refractivity contribution is -0.245. The fourth-order valence-corrected chi connectivity index (χ4v) is 6.80. The van der Waals surface area contributed by atoms with Crippen LogP contribution in [0.4, 0.5) is 4.39 Å². The van der Waals surface area contributed by atoms with Crippen molar-refractivity contribution in [1.29, 1.82) is 0 Å². The average Bonchev–Trinajstić information content (AvgIpc) is 2.91. The van der Waals surface area contributed by atoms with Gasteiger partial charge in [-0.3, -0.25) is 9.18 Å². The van der Waals surface area contributed by atoms with E-state index in [1.807, 2.05) is 27.7 Å². The van der Waals surface area contributed by atoms with Gasteiger partial charge < -0.3 is 34.4 Å². The monoisotopic (exact) mass is 603 g/mol. The Kier molecular flexibility index (Phi) is 13.7. The maximum atomic E-state index is 13.7. The number of cyclic esters (lactones) is 1. The zero-order valence-electron chi connectivity index (χ0n) is 27.5. The molecule has 2 heterocycles. The molecular formula is C32H58FNO8. The maximum Gasteiger partial charge on any atom is 0.311 e. The van der Waals surface area contributed by atoms with Gasteiger partial charge >= 0.3 is 5.97 Å². The largest absolute Gasteiger partial charge is 0.459 e. The molecule has 42 heavy (non-hydrogen) atoms. The minimum atomic E-state index is -1.83. The van der Waals surface area contributed by atoms with Crippen LogP contribution < -0.4 is 0 Å². The molecule has 0 bridgehead atoms. The summed E-state index contributed by atoms with van der Waals surface area (Å²) < 4.78 is 31.3. The Hall–Kier alpha value is -1.33. The van der Waals surface area contributed by atoms with Gasteiger partial charge in [0.15, 0.2) is 6.29 Å². The number of esters is 1. The summed E-state index contributed by atoms with van der Waals surface area (Å²) in [6.07, 6.45) is -1.22. The van der Waals surface area contributed by atoms with Gasteiger partial charge in [0.2, 0.25) is 0 Å². The maximum absolute atomic E-state index is 13.7. The number of carbonyl (C=O) groups is 1. The van der Waals surface area contributed by atoms with Gasteiger partial charge in [0.25, 0.3) is 0 Å². The molecule has 2 aliphatic rings. The van der Waals surface area contributed by atoms with Gasteiger partial charge in [-0.15, -0.1) is 0 Å². The summed E-state index contributed by atoms with van der Waals surface area (Å²) in [6, 6.07) is 0. The number of aliphatic hydroxyl groups excluding tert-OH is 1. The van der Waals surface area contributed by atoms with Crippen molar-refractivity contribution in [3.05, 3.63) is 0 Å². The first kappa shape index (κ1) is 36.9. The molecule has 0 spiro atoms. The minimum Gasteiger partial charge on any atom is -0.459 e. The second-order valence-electron chi connectivity index (χ2n) is 13.6. The van der Waals surface area contributed by atoms with Crippen molar-refractivity contribution in [3.63, 3.8) is 0 Å². The van der Waals surface area contributed by atoms with E-state index < -0.39 is 60.3 Å². The molecular weight excluding hydrogens is 545 g/mol. The number of oxime groups is 1. The van der Waals surface area contributed by atoms with Crippen molar-refractivity contribution >= 4 is 11.7 Å². The molecule has 10 heteroatoms. The molecule has 9 nitrogen and oxygen atoms in total. The first-order chi connectivity index (χ1) is 19.5. The molecule has 0 saturated carbocycles.